The second-order valence-electron chi connectivity index (χ2n) is 9.36. The Labute approximate surface area is 192 Å². The van der Waals surface area contributed by atoms with Crippen LogP contribution in [0.4, 0.5) is 10.2 Å². The van der Waals surface area contributed by atoms with Gasteiger partial charge in [-0.05, 0) is 68.0 Å². The lowest BCUT2D eigenvalue weighted by Gasteiger charge is -2.48. The van der Waals surface area contributed by atoms with Crippen molar-refractivity contribution in [2.45, 2.75) is 62.8 Å². The summed E-state index contributed by atoms with van der Waals surface area (Å²) in [6.45, 7) is 0.809. The van der Waals surface area contributed by atoms with Gasteiger partial charge in [-0.3, -0.25) is 0 Å². The fourth-order valence-corrected chi connectivity index (χ4v) is 5.69. The van der Waals surface area contributed by atoms with E-state index in [0.717, 1.165) is 62.0 Å². The molecule has 0 amide bonds. The van der Waals surface area contributed by atoms with E-state index in [0.29, 0.717) is 23.0 Å². The van der Waals surface area contributed by atoms with Crippen molar-refractivity contribution in [3.05, 3.63) is 48.2 Å². The average Bonchev–Trinajstić information content (AvgIpc) is 2.86. The van der Waals surface area contributed by atoms with Crippen LogP contribution >= 0.6 is 0 Å². The van der Waals surface area contributed by atoms with Crippen molar-refractivity contribution in [3.8, 4) is 28.3 Å². The lowest BCUT2D eigenvalue weighted by molar-refractivity contribution is 0.104. The van der Waals surface area contributed by atoms with Crippen molar-refractivity contribution in [2.24, 2.45) is 0 Å². The van der Waals surface area contributed by atoms with E-state index < -0.39 is 6.17 Å². The highest BCUT2D eigenvalue weighted by molar-refractivity contribution is 5.73. The lowest BCUT2D eigenvalue weighted by atomic mass is 9.81. The molecule has 6 rings (SSSR count). The molecule has 1 aromatic carbocycles. The molecule has 3 aliphatic heterocycles. The summed E-state index contributed by atoms with van der Waals surface area (Å²) in [7, 11) is 0. The molecular weight excluding hydrogens is 419 g/mol. The molecule has 8 heteroatoms. The van der Waals surface area contributed by atoms with Gasteiger partial charge in [0.1, 0.15) is 11.9 Å². The molecule has 7 nitrogen and oxygen atoms in total. The molecule has 0 unspecified atom stereocenters. The Morgan fingerprint density at radius 2 is 1.97 bits per heavy atom. The third-order valence-corrected chi connectivity index (χ3v) is 7.31. The van der Waals surface area contributed by atoms with Gasteiger partial charge in [-0.1, -0.05) is 12.5 Å². The van der Waals surface area contributed by atoms with Crippen molar-refractivity contribution in [1.82, 2.24) is 25.7 Å². The zero-order valence-corrected chi connectivity index (χ0v) is 18.4. The molecule has 2 bridgehead atoms. The summed E-state index contributed by atoms with van der Waals surface area (Å²) >= 11 is 0. The van der Waals surface area contributed by atoms with Gasteiger partial charge in [0, 0.05) is 36.0 Å². The van der Waals surface area contributed by atoms with Gasteiger partial charge < -0.3 is 15.3 Å². The third-order valence-electron chi connectivity index (χ3n) is 7.31. The van der Waals surface area contributed by atoms with Crippen LogP contribution in [0, 0.1) is 0 Å². The molecule has 0 aliphatic carbocycles. The molecule has 2 fully saturated rings. The minimum Gasteiger partial charge on any atom is -0.507 e. The minimum absolute atomic E-state index is 0.0510. The Morgan fingerprint density at radius 3 is 2.82 bits per heavy atom. The van der Waals surface area contributed by atoms with Gasteiger partial charge in [-0.15, -0.1) is 10.2 Å². The van der Waals surface area contributed by atoms with Crippen molar-refractivity contribution >= 4 is 5.82 Å². The third kappa shape index (κ3) is 3.72. The Morgan fingerprint density at radius 1 is 1.03 bits per heavy atom. The predicted octanol–water partition coefficient (Wildman–Crippen LogP) is 3.68. The number of aromatic hydroxyl groups is 1. The number of phenols is 1. The van der Waals surface area contributed by atoms with Gasteiger partial charge in [-0.2, -0.15) is 10.2 Å². The van der Waals surface area contributed by atoms with Crippen LogP contribution in [0.15, 0.2) is 42.6 Å². The van der Waals surface area contributed by atoms with Crippen LogP contribution in [-0.4, -0.2) is 56.3 Å². The van der Waals surface area contributed by atoms with E-state index in [4.69, 9.17) is 0 Å². The van der Waals surface area contributed by atoms with Crippen LogP contribution in [0.1, 0.15) is 37.7 Å². The minimum atomic E-state index is -0.897. The lowest BCUT2D eigenvalue weighted by Crippen LogP contribution is -2.62. The van der Waals surface area contributed by atoms with Gasteiger partial charge in [0.2, 0.25) is 0 Å². The number of hydrogen-bond acceptors (Lipinski definition) is 7. The number of alkyl halides is 1. The maximum absolute atomic E-state index is 15.4. The van der Waals surface area contributed by atoms with Gasteiger partial charge in [-0.25, -0.2) is 4.39 Å². The zero-order valence-electron chi connectivity index (χ0n) is 18.4. The molecule has 3 aromatic rings. The molecule has 170 valence electrons. The first-order valence-electron chi connectivity index (χ1n) is 11.8. The summed E-state index contributed by atoms with van der Waals surface area (Å²) in [6.07, 6.45) is 6.50. The quantitative estimate of drug-likeness (QED) is 0.635. The van der Waals surface area contributed by atoms with E-state index in [2.05, 4.69) is 30.6 Å². The molecule has 0 saturated carbocycles. The maximum Gasteiger partial charge on any atom is 0.154 e. The topological polar surface area (TPSA) is 87.1 Å². The number of fused-ring (bicyclic) bond motifs is 3. The molecule has 4 atom stereocenters. The van der Waals surface area contributed by atoms with Crippen molar-refractivity contribution in [2.75, 3.05) is 11.4 Å². The van der Waals surface area contributed by atoms with E-state index in [1.165, 1.54) is 0 Å². The number of anilines is 1. The number of hydrogen-bond donors (Lipinski definition) is 2. The number of aryl methyl sites for hydroxylation is 1. The van der Waals surface area contributed by atoms with Crippen LogP contribution < -0.4 is 10.2 Å². The Balaban J connectivity index is 1.30. The first kappa shape index (κ1) is 20.5. The molecule has 2 saturated heterocycles. The average molecular weight is 447 g/mol. The van der Waals surface area contributed by atoms with Crippen molar-refractivity contribution in [3.63, 3.8) is 0 Å². The Bertz CT molecular complexity index is 1160. The molecule has 5 heterocycles. The number of rotatable bonds is 3. The molecule has 2 aromatic heterocycles. The summed E-state index contributed by atoms with van der Waals surface area (Å²) in [5, 5.41) is 31.2. The van der Waals surface area contributed by atoms with Gasteiger partial charge in [0.15, 0.2) is 5.82 Å². The first-order valence-corrected chi connectivity index (χ1v) is 11.8. The highest BCUT2D eigenvalue weighted by Gasteiger charge is 2.43. The number of nitrogens with one attached hydrogen (secondary N) is 1. The Hall–Kier alpha value is -3.13. The smallest absolute Gasteiger partial charge is 0.154 e. The second kappa shape index (κ2) is 8.33. The number of phenolic OH excluding ortho intramolecular Hbond substituents is 1. The van der Waals surface area contributed by atoms with E-state index in [1.54, 1.807) is 12.3 Å². The fraction of sp³-hybridized carbons (Fsp3) is 0.440. The molecule has 3 aliphatic rings. The second-order valence-corrected chi connectivity index (χ2v) is 9.36. The number of aromatic nitrogens is 4. The van der Waals surface area contributed by atoms with Crippen LogP contribution in [0.5, 0.6) is 5.75 Å². The summed E-state index contributed by atoms with van der Waals surface area (Å²) in [5.41, 5.74) is 3.79. The van der Waals surface area contributed by atoms with E-state index in [1.807, 2.05) is 30.3 Å². The van der Waals surface area contributed by atoms with E-state index in [-0.39, 0.29) is 17.8 Å². The largest absolute Gasteiger partial charge is 0.507 e. The first-order chi connectivity index (χ1) is 16.2. The molecular formula is C25H27FN6O. The zero-order chi connectivity index (χ0) is 22.4. The molecule has 33 heavy (non-hydrogen) atoms. The summed E-state index contributed by atoms with van der Waals surface area (Å²) in [6, 6.07) is 11.3. The maximum atomic E-state index is 15.4. The van der Waals surface area contributed by atoms with Crippen LogP contribution in [0.3, 0.4) is 0 Å². The van der Waals surface area contributed by atoms with Crippen molar-refractivity contribution in [1.29, 1.82) is 0 Å². The normalized spacial score (nSPS) is 26.6. The SMILES string of the molecule is Oc1cc(-c2cccnn2)ccc1-c1cc2c(nn1)N([C@@H]1C[C@H]3CCC[C@@H](N3)[C@@H]1F)CCC2. The van der Waals surface area contributed by atoms with Crippen LogP contribution in [-0.2, 0) is 6.42 Å². The van der Waals surface area contributed by atoms with Gasteiger partial charge in [0.05, 0.1) is 17.4 Å². The van der Waals surface area contributed by atoms with Gasteiger partial charge in [0.25, 0.3) is 0 Å². The van der Waals surface area contributed by atoms with Gasteiger partial charge >= 0.3 is 0 Å². The Kier molecular flexibility index (Phi) is 5.17. The standard InChI is InChI=1S/C25H27FN6O/c26-24-20-6-1-5-17(28-20)14-22(24)32-11-3-4-16-12-21(30-31-25(16)32)18-9-8-15(13-23(18)33)19-7-2-10-27-29-19/h2,7-10,12-13,17,20,22,24,28,33H,1,3-6,11,14H2/t17-,20-,22-,24+/m1/s1. The van der Waals surface area contributed by atoms with E-state index in [9.17, 15) is 5.11 Å². The number of halogens is 1. The molecule has 2 N–H and O–H groups in total. The van der Waals surface area contributed by atoms with E-state index >= 15 is 4.39 Å². The molecule has 0 spiro atoms. The fourth-order valence-electron chi connectivity index (χ4n) is 5.69. The highest BCUT2D eigenvalue weighted by Crippen LogP contribution is 2.38. The number of nitrogens with zero attached hydrogens (tertiary/aromatic N) is 5. The summed E-state index contributed by atoms with van der Waals surface area (Å²) < 4.78 is 15.4. The monoisotopic (exact) mass is 446 g/mol. The van der Waals surface area contributed by atoms with Crippen LogP contribution in [0.2, 0.25) is 0 Å². The highest BCUT2D eigenvalue weighted by atomic mass is 19.1. The number of piperidine rings is 2. The predicted molar refractivity (Wildman–Crippen MR) is 124 cm³/mol. The molecule has 0 radical (unpaired) electrons. The number of benzene rings is 1. The summed E-state index contributed by atoms with van der Waals surface area (Å²) in [4.78, 5) is 2.16. The van der Waals surface area contributed by atoms with Crippen molar-refractivity contribution < 1.29 is 9.50 Å². The summed E-state index contributed by atoms with van der Waals surface area (Å²) in [5.74, 6) is 0.920. The van der Waals surface area contributed by atoms with Crippen LogP contribution in [0.25, 0.3) is 22.5 Å².